The lowest BCUT2D eigenvalue weighted by atomic mass is 10.1. The molecule has 0 atom stereocenters. The van der Waals surface area contributed by atoms with E-state index >= 15 is 0 Å². The number of benzene rings is 1. The number of likely N-dealkylation sites (tertiary alicyclic amines) is 1. The molecule has 0 spiro atoms. The Hall–Kier alpha value is -0.860. The molecule has 2 nitrogen and oxygen atoms in total. The predicted molar refractivity (Wildman–Crippen MR) is 70.5 cm³/mol. The summed E-state index contributed by atoms with van der Waals surface area (Å²) in [4.78, 5) is 2.39. The molecular weight excluding hydrogens is 196 g/mol. The van der Waals surface area contributed by atoms with Crippen molar-refractivity contribution >= 4 is 0 Å². The molecule has 1 aliphatic heterocycles. The van der Waals surface area contributed by atoms with Crippen LogP contribution in [0.4, 0.5) is 0 Å². The highest BCUT2D eigenvalue weighted by Crippen LogP contribution is 2.04. The molecule has 90 valence electrons. The fourth-order valence-corrected chi connectivity index (χ4v) is 1.86. The molecule has 0 unspecified atom stereocenters. The zero-order valence-corrected chi connectivity index (χ0v) is 10.4. The lowest BCUT2D eigenvalue weighted by molar-refractivity contribution is 0.277. The first kappa shape index (κ1) is 13.2. The molecule has 1 aromatic carbocycles. The smallest absolute Gasteiger partial charge is 0.00218 e. The monoisotopic (exact) mass is 220 g/mol. The Morgan fingerprint density at radius 3 is 2.12 bits per heavy atom. The molecule has 0 amide bonds. The van der Waals surface area contributed by atoms with Gasteiger partial charge in [0.15, 0.2) is 0 Å². The van der Waals surface area contributed by atoms with E-state index in [1.807, 2.05) is 18.2 Å². The van der Waals surface area contributed by atoms with Gasteiger partial charge >= 0.3 is 0 Å². The molecule has 16 heavy (non-hydrogen) atoms. The highest BCUT2D eigenvalue weighted by Gasteiger charge is 2.02. The molecule has 2 N–H and O–H groups in total. The number of hydrogen-bond donors (Lipinski definition) is 1. The van der Waals surface area contributed by atoms with Crippen LogP contribution in [0.1, 0.15) is 24.8 Å². The van der Waals surface area contributed by atoms with Gasteiger partial charge in [-0.3, -0.25) is 0 Å². The normalized spacial score (nSPS) is 16.4. The maximum Gasteiger partial charge on any atom is -0.00218 e. The average molecular weight is 220 g/mol. The summed E-state index contributed by atoms with van der Waals surface area (Å²) in [6.07, 6.45) is 5.26. The van der Waals surface area contributed by atoms with E-state index in [4.69, 9.17) is 5.73 Å². The molecule has 2 rings (SSSR count). The van der Waals surface area contributed by atoms with Crippen molar-refractivity contribution in [2.75, 3.05) is 26.7 Å². The minimum atomic E-state index is 0.740. The SMILES string of the molecule is CN1CCCCC1.NCCc1ccccc1. The van der Waals surface area contributed by atoms with E-state index in [1.54, 1.807) is 0 Å². The standard InChI is InChI=1S/C8H11N.C6H13N/c9-7-6-8-4-2-1-3-5-8;1-7-5-3-2-4-6-7/h1-5H,6-7,9H2;2-6H2,1H3. The fraction of sp³-hybridized carbons (Fsp3) is 0.571. The summed E-state index contributed by atoms with van der Waals surface area (Å²) in [6.45, 7) is 3.38. The highest BCUT2D eigenvalue weighted by atomic mass is 15.1. The zero-order chi connectivity index (χ0) is 11.6. The Kier molecular flexibility index (Phi) is 6.86. The van der Waals surface area contributed by atoms with E-state index in [1.165, 1.54) is 37.9 Å². The fourth-order valence-electron chi connectivity index (χ4n) is 1.86. The second-order valence-corrected chi connectivity index (χ2v) is 4.39. The van der Waals surface area contributed by atoms with Crippen molar-refractivity contribution in [1.82, 2.24) is 4.90 Å². The van der Waals surface area contributed by atoms with Gasteiger partial charge in [-0.15, -0.1) is 0 Å². The topological polar surface area (TPSA) is 29.3 Å². The van der Waals surface area contributed by atoms with E-state index < -0.39 is 0 Å². The summed E-state index contributed by atoms with van der Waals surface area (Å²) in [5.74, 6) is 0. The first-order valence-electron chi connectivity index (χ1n) is 6.25. The zero-order valence-electron chi connectivity index (χ0n) is 10.4. The molecule has 1 fully saturated rings. The second-order valence-electron chi connectivity index (χ2n) is 4.39. The summed E-state index contributed by atoms with van der Waals surface area (Å²) in [5.41, 5.74) is 6.68. The molecule has 2 heteroatoms. The van der Waals surface area contributed by atoms with Crippen LogP contribution in [0.15, 0.2) is 30.3 Å². The summed E-state index contributed by atoms with van der Waals surface area (Å²) in [5, 5.41) is 0. The second kappa shape index (κ2) is 8.31. The molecule has 1 saturated heterocycles. The Bertz CT molecular complexity index is 253. The molecular formula is C14H24N2. The van der Waals surface area contributed by atoms with Crippen LogP contribution in [0.2, 0.25) is 0 Å². The van der Waals surface area contributed by atoms with Gasteiger partial charge in [0, 0.05) is 0 Å². The quantitative estimate of drug-likeness (QED) is 0.828. The van der Waals surface area contributed by atoms with Gasteiger partial charge in [0.05, 0.1) is 0 Å². The van der Waals surface area contributed by atoms with Gasteiger partial charge in [-0.1, -0.05) is 36.8 Å². The van der Waals surface area contributed by atoms with Gasteiger partial charge in [-0.05, 0) is 51.5 Å². The molecule has 1 aliphatic rings. The van der Waals surface area contributed by atoms with E-state index in [0.717, 1.165) is 13.0 Å². The molecule has 0 aliphatic carbocycles. The van der Waals surface area contributed by atoms with Crippen LogP contribution in [0.5, 0.6) is 0 Å². The molecule has 0 bridgehead atoms. The Morgan fingerprint density at radius 1 is 1.06 bits per heavy atom. The van der Waals surface area contributed by atoms with Gasteiger partial charge in [0.25, 0.3) is 0 Å². The first-order valence-corrected chi connectivity index (χ1v) is 6.25. The Balaban J connectivity index is 0.000000165. The lowest BCUT2D eigenvalue weighted by Crippen LogP contribution is -2.24. The number of nitrogens with two attached hydrogens (primary N) is 1. The molecule has 0 radical (unpaired) electrons. The summed E-state index contributed by atoms with van der Waals surface area (Å²) < 4.78 is 0. The Morgan fingerprint density at radius 2 is 1.69 bits per heavy atom. The van der Waals surface area contributed by atoms with Crippen molar-refractivity contribution in [3.05, 3.63) is 35.9 Å². The van der Waals surface area contributed by atoms with E-state index in [-0.39, 0.29) is 0 Å². The van der Waals surface area contributed by atoms with Crippen LogP contribution < -0.4 is 5.73 Å². The molecule has 0 aromatic heterocycles. The van der Waals surface area contributed by atoms with E-state index in [2.05, 4.69) is 24.1 Å². The maximum absolute atomic E-state index is 5.36. The minimum absolute atomic E-state index is 0.740. The Labute approximate surface area is 99.5 Å². The average Bonchev–Trinajstić information content (AvgIpc) is 2.33. The van der Waals surface area contributed by atoms with Crippen molar-refractivity contribution in [2.24, 2.45) is 5.73 Å². The van der Waals surface area contributed by atoms with Crippen molar-refractivity contribution in [3.63, 3.8) is 0 Å². The van der Waals surface area contributed by atoms with Crippen molar-refractivity contribution in [3.8, 4) is 0 Å². The third-order valence-electron chi connectivity index (χ3n) is 2.86. The molecule has 1 heterocycles. The van der Waals surface area contributed by atoms with Crippen molar-refractivity contribution < 1.29 is 0 Å². The van der Waals surface area contributed by atoms with Crippen LogP contribution in [0, 0.1) is 0 Å². The third-order valence-corrected chi connectivity index (χ3v) is 2.86. The number of piperidine rings is 1. The van der Waals surface area contributed by atoms with Crippen molar-refractivity contribution in [1.29, 1.82) is 0 Å². The van der Waals surface area contributed by atoms with Crippen LogP contribution in [-0.4, -0.2) is 31.6 Å². The first-order chi connectivity index (χ1) is 7.83. The number of nitrogens with zero attached hydrogens (tertiary/aromatic N) is 1. The van der Waals surface area contributed by atoms with E-state index in [9.17, 15) is 0 Å². The van der Waals surface area contributed by atoms with Gasteiger partial charge < -0.3 is 10.6 Å². The minimum Gasteiger partial charge on any atom is -0.330 e. The van der Waals surface area contributed by atoms with Gasteiger partial charge in [0.2, 0.25) is 0 Å². The molecule has 1 aromatic rings. The number of rotatable bonds is 2. The van der Waals surface area contributed by atoms with Gasteiger partial charge in [-0.25, -0.2) is 0 Å². The highest BCUT2D eigenvalue weighted by molar-refractivity contribution is 5.14. The lowest BCUT2D eigenvalue weighted by Gasteiger charge is -2.20. The predicted octanol–water partition coefficient (Wildman–Crippen LogP) is 2.29. The van der Waals surface area contributed by atoms with Gasteiger partial charge in [-0.2, -0.15) is 0 Å². The van der Waals surface area contributed by atoms with E-state index in [0.29, 0.717) is 0 Å². The summed E-state index contributed by atoms with van der Waals surface area (Å²) >= 11 is 0. The van der Waals surface area contributed by atoms with Crippen LogP contribution >= 0.6 is 0 Å². The molecule has 0 saturated carbocycles. The van der Waals surface area contributed by atoms with Crippen LogP contribution in [0.25, 0.3) is 0 Å². The largest absolute Gasteiger partial charge is 0.330 e. The van der Waals surface area contributed by atoms with Crippen LogP contribution in [-0.2, 0) is 6.42 Å². The number of hydrogen-bond acceptors (Lipinski definition) is 2. The van der Waals surface area contributed by atoms with Gasteiger partial charge in [0.1, 0.15) is 0 Å². The maximum atomic E-state index is 5.36. The summed E-state index contributed by atoms with van der Waals surface area (Å²) in [7, 11) is 2.19. The van der Waals surface area contributed by atoms with Crippen molar-refractivity contribution in [2.45, 2.75) is 25.7 Å². The summed E-state index contributed by atoms with van der Waals surface area (Å²) in [6, 6.07) is 10.3. The third kappa shape index (κ3) is 5.89. The van der Waals surface area contributed by atoms with Crippen LogP contribution in [0.3, 0.4) is 0 Å².